The highest BCUT2D eigenvalue weighted by Gasteiger charge is 2.20. The molecule has 0 aromatic heterocycles. The summed E-state index contributed by atoms with van der Waals surface area (Å²) in [6.45, 7) is 8.32. The molecule has 68 valence electrons. The molecule has 1 heterocycles. The number of rotatable bonds is 1. The summed E-state index contributed by atoms with van der Waals surface area (Å²) in [4.78, 5) is 12.2. The molecule has 0 fully saturated rings. The molecule has 0 bridgehead atoms. The second kappa shape index (κ2) is 3.30. The molecule has 0 aliphatic carbocycles. The Morgan fingerprint density at radius 1 is 1.50 bits per heavy atom. The minimum Gasteiger partial charge on any atom is -0.341 e. The first-order valence-corrected chi connectivity index (χ1v) is 4.43. The minimum atomic E-state index is 0.273. The third-order valence-corrected chi connectivity index (χ3v) is 2.35. The molecule has 0 unspecified atom stereocenters. The van der Waals surface area contributed by atoms with Gasteiger partial charge in [-0.3, -0.25) is 4.79 Å². The smallest absolute Gasteiger partial charge is 0.209 e. The molecule has 0 aromatic rings. The number of hydrogen-bond donors (Lipinski definition) is 0. The molecule has 0 saturated heterocycles. The van der Waals surface area contributed by atoms with E-state index in [4.69, 9.17) is 0 Å². The number of carbonyl (C=O) groups is 1. The van der Waals surface area contributed by atoms with Gasteiger partial charge in [0.1, 0.15) is 0 Å². The lowest BCUT2D eigenvalue weighted by Gasteiger charge is -2.30. The van der Waals surface area contributed by atoms with E-state index in [0.29, 0.717) is 0 Å². The maximum absolute atomic E-state index is 10.4. The van der Waals surface area contributed by atoms with Gasteiger partial charge >= 0.3 is 0 Å². The quantitative estimate of drug-likeness (QED) is 0.431. The Morgan fingerprint density at radius 3 is 2.50 bits per heavy atom. The SMILES string of the molecule is CC(C)(C)C1=CCN(C=O)CC1. The number of amides is 1. The van der Waals surface area contributed by atoms with E-state index in [1.807, 2.05) is 0 Å². The van der Waals surface area contributed by atoms with Crippen molar-refractivity contribution >= 4 is 6.41 Å². The molecular weight excluding hydrogens is 150 g/mol. The van der Waals surface area contributed by atoms with Crippen LogP contribution in [0.25, 0.3) is 0 Å². The van der Waals surface area contributed by atoms with Crippen molar-refractivity contribution < 1.29 is 4.79 Å². The summed E-state index contributed by atoms with van der Waals surface area (Å²) < 4.78 is 0. The molecule has 0 aromatic carbocycles. The van der Waals surface area contributed by atoms with Crippen molar-refractivity contribution in [3.8, 4) is 0 Å². The Balaban J connectivity index is 2.62. The van der Waals surface area contributed by atoms with E-state index in [1.54, 1.807) is 4.90 Å². The van der Waals surface area contributed by atoms with Crippen molar-refractivity contribution in [3.63, 3.8) is 0 Å². The lowest BCUT2D eigenvalue weighted by atomic mass is 9.83. The molecule has 0 N–H and O–H groups in total. The van der Waals surface area contributed by atoms with Crippen LogP contribution in [0.3, 0.4) is 0 Å². The van der Waals surface area contributed by atoms with Crippen LogP contribution in [0, 0.1) is 5.41 Å². The van der Waals surface area contributed by atoms with Crippen molar-refractivity contribution in [3.05, 3.63) is 11.6 Å². The van der Waals surface area contributed by atoms with Gasteiger partial charge in [-0.1, -0.05) is 32.4 Å². The molecule has 0 atom stereocenters. The van der Waals surface area contributed by atoms with Crippen molar-refractivity contribution in [2.75, 3.05) is 13.1 Å². The third kappa shape index (κ3) is 2.10. The highest BCUT2D eigenvalue weighted by Crippen LogP contribution is 2.29. The van der Waals surface area contributed by atoms with Gasteiger partial charge in [-0.15, -0.1) is 0 Å². The van der Waals surface area contributed by atoms with Gasteiger partial charge in [0.15, 0.2) is 0 Å². The molecule has 12 heavy (non-hydrogen) atoms. The van der Waals surface area contributed by atoms with E-state index in [-0.39, 0.29) is 5.41 Å². The van der Waals surface area contributed by atoms with Crippen LogP contribution in [0.5, 0.6) is 0 Å². The Labute approximate surface area is 74.2 Å². The standard InChI is InChI=1S/C10H17NO/c1-10(2,3)9-4-6-11(8-12)7-5-9/h4,8H,5-7H2,1-3H3. The van der Waals surface area contributed by atoms with Crippen LogP contribution in [0.1, 0.15) is 27.2 Å². The summed E-state index contributed by atoms with van der Waals surface area (Å²) in [6.07, 6.45) is 4.14. The van der Waals surface area contributed by atoms with Gasteiger partial charge in [0.25, 0.3) is 0 Å². The summed E-state index contributed by atoms with van der Waals surface area (Å²) in [6, 6.07) is 0. The van der Waals surface area contributed by atoms with Crippen LogP contribution in [-0.2, 0) is 4.79 Å². The predicted octanol–water partition coefficient (Wildman–Crippen LogP) is 1.82. The lowest BCUT2D eigenvalue weighted by molar-refractivity contribution is -0.117. The molecule has 1 rings (SSSR count). The van der Waals surface area contributed by atoms with Crippen LogP contribution < -0.4 is 0 Å². The molecule has 2 heteroatoms. The summed E-state index contributed by atoms with van der Waals surface area (Å²) in [5.74, 6) is 0. The Hall–Kier alpha value is -0.790. The molecule has 0 saturated carbocycles. The number of hydrogen-bond acceptors (Lipinski definition) is 1. The molecule has 0 spiro atoms. The maximum atomic E-state index is 10.4. The molecule has 1 aliphatic heterocycles. The molecular formula is C10H17NO. The Morgan fingerprint density at radius 2 is 2.17 bits per heavy atom. The fraction of sp³-hybridized carbons (Fsp3) is 0.700. The summed E-state index contributed by atoms with van der Waals surface area (Å²) in [5, 5.41) is 0. The fourth-order valence-corrected chi connectivity index (χ4v) is 1.46. The Kier molecular flexibility index (Phi) is 2.55. The van der Waals surface area contributed by atoms with Gasteiger partial charge in [0.05, 0.1) is 0 Å². The van der Waals surface area contributed by atoms with E-state index in [2.05, 4.69) is 26.8 Å². The fourth-order valence-electron chi connectivity index (χ4n) is 1.46. The van der Waals surface area contributed by atoms with Gasteiger partial charge in [0, 0.05) is 13.1 Å². The van der Waals surface area contributed by atoms with E-state index < -0.39 is 0 Å². The zero-order valence-electron chi connectivity index (χ0n) is 8.13. The highest BCUT2D eigenvalue weighted by atomic mass is 16.1. The molecule has 1 amide bonds. The summed E-state index contributed by atoms with van der Waals surface area (Å²) in [7, 11) is 0. The number of nitrogens with zero attached hydrogens (tertiary/aromatic N) is 1. The summed E-state index contributed by atoms with van der Waals surface area (Å²) in [5.41, 5.74) is 1.75. The van der Waals surface area contributed by atoms with Crippen molar-refractivity contribution in [1.29, 1.82) is 0 Å². The van der Waals surface area contributed by atoms with Crippen molar-refractivity contribution in [1.82, 2.24) is 4.90 Å². The third-order valence-electron chi connectivity index (χ3n) is 2.35. The first kappa shape index (κ1) is 9.30. The number of carbonyl (C=O) groups excluding carboxylic acids is 1. The largest absolute Gasteiger partial charge is 0.341 e. The summed E-state index contributed by atoms with van der Waals surface area (Å²) >= 11 is 0. The molecule has 0 radical (unpaired) electrons. The highest BCUT2D eigenvalue weighted by molar-refractivity contribution is 5.48. The molecule has 1 aliphatic rings. The lowest BCUT2D eigenvalue weighted by Crippen LogP contribution is -2.29. The van der Waals surface area contributed by atoms with Gasteiger partial charge in [-0.25, -0.2) is 0 Å². The first-order chi connectivity index (χ1) is 5.54. The monoisotopic (exact) mass is 167 g/mol. The normalized spacial score (nSPS) is 18.9. The zero-order valence-corrected chi connectivity index (χ0v) is 8.13. The van der Waals surface area contributed by atoms with Crippen LogP contribution in [0.15, 0.2) is 11.6 Å². The average molecular weight is 167 g/mol. The van der Waals surface area contributed by atoms with Gasteiger partial charge in [-0.2, -0.15) is 0 Å². The first-order valence-electron chi connectivity index (χ1n) is 4.43. The van der Waals surface area contributed by atoms with E-state index in [9.17, 15) is 4.79 Å². The maximum Gasteiger partial charge on any atom is 0.209 e. The van der Waals surface area contributed by atoms with Gasteiger partial charge in [0.2, 0.25) is 6.41 Å². The van der Waals surface area contributed by atoms with Crippen LogP contribution in [-0.4, -0.2) is 24.4 Å². The Bertz CT molecular complexity index is 200. The van der Waals surface area contributed by atoms with E-state index >= 15 is 0 Å². The second-order valence-electron chi connectivity index (χ2n) is 4.33. The predicted molar refractivity (Wildman–Crippen MR) is 49.8 cm³/mol. The van der Waals surface area contributed by atoms with E-state index in [0.717, 1.165) is 25.9 Å². The zero-order chi connectivity index (χ0) is 9.19. The van der Waals surface area contributed by atoms with Crippen molar-refractivity contribution in [2.24, 2.45) is 5.41 Å². The van der Waals surface area contributed by atoms with Crippen LogP contribution in [0.4, 0.5) is 0 Å². The topological polar surface area (TPSA) is 20.3 Å². The molecule has 2 nitrogen and oxygen atoms in total. The van der Waals surface area contributed by atoms with Crippen LogP contribution in [0.2, 0.25) is 0 Å². The van der Waals surface area contributed by atoms with Crippen molar-refractivity contribution in [2.45, 2.75) is 27.2 Å². The van der Waals surface area contributed by atoms with Gasteiger partial charge in [-0.05, 0) is 11.8 Å². The van der Waals surface area contributed by atoms with Crippen LogP contribution >= 0.6 is 0 Å². The van der Waals surface area contributed by atoms with E-state index in [1.165, 1.54) is 5.57 Å². The minimum absolute atomic E-state index is 0.273. The average Bonchev–Trinajstić information content (AvgIpc) is 2.03. The van der Waals surface area contributed by atoms with Gasteiger partial charge < -0.3 is 4.90 Å². The second-order valence-corrected chi connectivity index (χ2v) is 4.33.